The van der Waals surface area contributed by atoms with Gasteiger partial charge in [0.1, 0.15) is 30.3 Å². The highest BCUT2D eigenvalue weighted by Crippen LogP contribution is 2.37. The van der Waals surface area contributed by atoms with Crippen LogP contribution in [0, 0.1) is 5.82 Å². The zero-order chi connectivity index (χ0) is 22.8. The second-order valence-electron chi connectivity index (χ2n) is 8.06. The van der Waals surface area contributed by atoms with Crippen LogP contribution in [0.25, 0.3) is 10.9 Å². The molecule has 7 nitrogen and oxygen atoms in total. The quantitative estimate of drug-likeness (QED) is 0.555. The van der Waals surface area contributed by atoms with E-state index in [-0.39, 0.29) is 10.9 Å². The first-order chi connectivity index (χ1) is 16.1. The Morgan fingerprint density at radius 1 is 1.18 bits per heavy atom. The molecule has 3 aromatic rings. The van der Waals surface area contributed by atoms with E-state index in [9.17, 15) is 9.18 Å². The van der Waals surface area contributed by atoms with Crippen LogP contribution in [0.2, 0.25) is 5.02 Å². The van der Waals surface area contributed by atoms with Gasteiger partial charge in [0, 0.05) is 29.8 Å². The van der Waals surface area contributed by atoms with Crippen molar-refractivity contribution in [3.8, 4) is 5.75 Å². The van der Waals surface area contributed by atoms with Crippen LogP contribution in [0.3, 0.4) is 0 Å². The van der Waals surface area contributed by atoms with Crippen LogP contribution in [0.1, 0.15) is 12.8 Å². The Bertz CT molecular complexity index is 1230. The molecule has 0 unspecified atom stereocenters. The Kier molecular flexibility index (Phi) is 6.11. The molecular formula is C24H23ClFN5O2. The van der Waals surface area contributed by atoms with Crippen molar-refractivity contribution in [3.63, 3.8) is 0 Å². The molecule has 0 spiro atoms. The first-order valence-corrected chi connectivity index (χ1v) is 11.3. The van der Waals surface area contributed by atoms with Crippen molar-refractivity contribution in [3.05, 3.63) is 59.7 Å². The fraction of sp³-hybridized carbons (Fsp3) is 0.292. The summed E-state index contributed by atoms with van der Waals surface area (Å²) in [4.78, 5) is 25.7. The van der Waals surface area contributed by atoms with Crippen LogP contribution in [-0.2, 0) is 4.79 Å². The number of halogens is 2. The number of amides is 1. The van der Waals surface area contributed by atoms with Crippen molar-refractivity contribution in [2.75, 3.05) is 43.0 Å². The predicted molar refractivity (Wildman–Crippen MR) is 127 cm³/mol. The normalized spacial score (nSPS) is 16.2. The van der Waals surface area contributed by atoms with Crippen LogP contribution in [0.5, 0.6) is 5.75 Å². The molecule has 0 bridgehead atoms. The molecule has 2 aromatic carbocycles. The zero-order valence-electron chi connectivity index (χ0n) is 17.9. The third-order valence-corrected chi connectivity index (χ3v) is 6.14. The van der Waals surface area contributed by atoms with E-state index in [0.717, 1.165) is 19.6 Å². The molecule has 1 saturated heterocycles. The maximum absolute atomic E-state index is 13.5. The van der Waals surface area contributed by atoms with Crippen LogP contribution >= 0.6 is 11.6 Å². The Hall–Kier alpha value is -3.23. The minimum Gasteiger partial charge on any atom is -0.489 e. The smallest absolute Gasteiger partial charge is 0.250 e. The summed E-state index contributed by atoms with van der Waals surface area (Å²) in [5.74, 6) is 0.542. The molecule has 33 heavy (non-hydrogen) atoms. The molecule has 3 heterocycles. The topological polar surface area (TPSA) is 70.6 Å². The van der Waals surface area contributed by atoms with E-state index in [0.29, 0.717) is 47.0 Å². The minimum absolute atomic E-state index is 0.0154. The molecule has 0 saturated carbocycles. The molecular weight excluding hydrogens is 445 g/mol. The standard InChI is InChI=1S/C24H23ClFN5O2/c25-18-12-16(5-6-19(18)26)29-24-17-13-21-22(14-20(17)27-15-28-24)33-11-10-31(21)23(32)4-3-9-30-7-1-2-8-30/h3-6,12-15H,1-2,7-11H2,(H,27,28,29). The van der Waals surface area contributed by atoms with E-state index in [1.54, 1.807) is 17.0 Å². The summed E-state index contributed by atoms with van der Waals surface area (Å²) in [6.45, 7) is 3.81. The van der Waals surface area contributed by atoms with Gasteiger partial charge in [0.2, 0.25) is 0 Å². The molecule has 2 aliphatic heterocycles. The van der Waals surface area contributed by atoms with Gasteiger partial charge in [-0.3, -0.25) is 9.69 Å². The largest absolute Gasteiger partial charge is 0.489 e. The SMILES string of the molecule is O=C(C=CCN1CCCC1)N1CCOc2cc3ncnc(Nc4ccc(F)c(Cl)c4)c3cc21. The summed E-state index contributed by atoms with van der Waals surface area (Å²) < 4.78 is 19.3. The van der Waals surface area contributed by atoms with E-state index >= 15 is 0 Å². The highest BCUT2D eigenvalue weighted by Gasteiger charge is 2.24. The Labute approximate surface area is 195 Å². The van der Waals surface area contributed by atoms with Crippen molar-refractivity contribution in [2.24, 2.45) is 0 Å². The molecule has 1 fully saturated rings. The number of carbonyl (C=O) groups excluding carboxylic acids is 1. The second kappa shape index (κ2) is 9.33. The van der Waals surface area contributed by atoms with Crippen molar-refractivity contribution >= 4 is 45.6 Å². The summed E-state index contributed by atoms with van der Waals surface area (Å²) in [5.41, 5.74) is 1.92. The number of hydrogen-bond acceptors (Lipinski definition) is 6. The fourth-order valence-electron chi connectivity index (χ4n) is 4.16. The van der Waals surface area contributed by atoms with E-state index in [1.165, 1.54) is 31.3 Å². The zero-order valence-corrected chi connectivity index (χ0v) is 18.7. The summed E-state index contributed by atoms with van der Waals surface area (Å²) in [6, 6.07) is 8.02. The molecule has 1 amide bonds. The number of nitrogens with zero attached hydrogens (tertiary/aromatic N) is 4. The number of fused-ring (bicyclic) bond motifs is 2. The molecule has 1 aromatic heterocycles. The first kappa shape index (κ1) is 21.6. The number of hydrogen-bond donors (Lipinski definition) is 1. The van der Waals surface area contributed by atoms with Crippen molar-refractivity contribution in [1.82, 2.24) is 14.9 Å². The Balaban J connectivity index is 1.44. The van der Waals surface area contributed by atoms with Gasteiger partial charge in [-0.05, 0) is 50.2 Å². The van der Waals surface area contributed by atoms with Crippen molar-refractivity contribution in [1.29, 1.82) is 0 Å². The van der Waals surface area contributed by atoms with Gasteiger partial charge in [-0.1, -0.05) is 17.7 Å². The lowest BCUT2D eigenvalue weighted by atomic mass is 10.1. The summed E-state index contributed by atoms with van der Waals surface area (Å²) in [6.07, 6.45) is 7.44. The van der Waals surface area contributed by atoms with Gasteiger partial charge in [-0.25, -0.2) is 14.4 Å². The highest BCUT2D eigenvalue weighted by atomic mass is 35.5. The average molecular weight is 468 g/mol. The molecule has 170 valence electrons. The number of anilines is 3. The lowest BCUT2D eigenvalue weighted by Gasteiger charge is -2.29. The number of nitrogens with one attached hydrogen (secondary N) is 1. The fourth-order valence-corrected chi connectivity index (χ4v) is 4.34. The molecule has 2 aliphatic rings. The number of carbonyl (C=O) groups is 1. The van der Waals surface area contributed by atoms with Crippen LogP contribution in [0.15, 0.2) is 48.8 Å². The van der Waals surface area contributed by atoms with E-state index in [2.05, 4.69) is 20.2 Å². The van der Waals surface area contributed by atoms with Gasteiger partial charge in [0.15, 0.2) is 0 Å². The second-order valence-corrected chi connectivity index (χ2v) is 8.47. The van der Waals surface area contributed by atoms with Crippen LogP contribution < -0.4 is 15.0 Å². The van der Waals surface area contributed by atoms with Crippen molar-refractivity contribution in [2.45, 2.75) is 12.8 Å². The number of ether oxygens (including phenoxy) is 1. The number of aromatic nitrogens is 2. The Morgan fingerprint density at radius 3 is 2.85 bits per heavy atom. The van der Waals surface area contributed by atoms with Crippen molar-refractivity contribution < 1.29 is 13.9 Å². The third kappa shape index (κ3) is 4.62. The van der Waals surface area contributed by atoms with E-state index < -0.39 is 5.82 Å². The van der Waals surface area contributed by atoms with E-state index in [1.807, 2.05) is 18.2 Å². The highest BCUT2D eigenvalue weighted by molar-refractivity contribution is 6.31. The molecule has 1 N–H and O–H groups in total. The number of likely N-dealkylation sites (tertiary alicyclic amines) is 1. The van der Waals surface area contributed by atoms with Gasteiger partial charge in [0.25, 0.3) is 5.91 Å². The summed E-state index contributed by atoms with van der Waals surface area (Å²) in [5, 5.41) is 3.89. The maximum atomic E-state index is 13.5. The molecule has 0 aliphatic carbocycles. The minimum atomic E-state index is -0.493. The van der Waals surface area contributed by atoms with Gasteiger partial charge in [-0.2, -0.15) is 0 Å². The van der Waals surface area contributed by atoms with Gasteiger partial charge >= 0.3 is 0 Å². The van der Waals surface area contributed by atoms with Gasteiger partial charge in [-0.15, -0.1) is 0 Å². The lowest BCUT2D eigenvalue weighted by molar-refractivity contribution is -0.114. The van der Waals surface area contributed by atoms with Crippen LogP contribution in [-0.4, -0.2) is 53.6 Å². The Morgan fingerprint density at radius 2 is 2.03 bits per heavy atom. The number of benzene rings is 2. The summed E-state index contributed by atoms with van der Waals surface area (Å²) in [7, 11) is 0. The first-order valence-electron chi connectivity index (χ1n) is 10.9. The molecule has 0 radical (unpaired) electrons. The van der Waals surface area contributed by atoms with Gasteiger partial charge in [0.05, 0.1) is 22.8 Å². The van der Waals surface area contributed by atoms with E-state index in [4.69, 9.17) is 16.3 Å². The predicted octanol–water partition coefficient (Wildman–Crippen LogP) is 4.54. The molecule has 0 atom stereocenters. The third-order valence-electron chi connectivity index (χ3n) is 5.85. The van der Waals surface area contributed by atoms with Gasteiger partial charge < -0.3 is 15.0 Å². The average Bonchev–Trinajstić information content (AvgIpc) is 3.33. The van der Waals surface area contributed by atoms with Crippen LogP contribution in [0.4, 0.5) is 21.6 Å². The monoisotopic (exact) mass is 467 g/mol. The number of rotatable bonds is 5. The lowest BCUT2D eigenvalue weighted by Crippen LogP contribution is -2.37. The summed E-state index contributed by atoms with van der Waals surface area (Å²) >= 11 is 5.91. The maximum Gasteiger partial charge on any atom is 0.250 e. The molecule has 9 heteroatoms. The molecule has 5 rings (SSSR count).